The topological polar surface area (TPSA) is 97.2 Å². The van der Waals surface area contributed by atoms with Crippen molar-refractivity contribution >= 4 is 15.9 Å². The van der Waals surface area contributed by atoms with Crippen LogP contribution in [-0.4, -0.2) is 59.3 Å². The first kappa shape index (κ1) is 16.4. The Morgan fingerprint density at radius 3 is 2.70 bits per heavy atom. The lowest BCUT2D eigenvalue weighted by molar-refractivity contribution is 0.0932. The Morgan fingerprint density at radius 2 is 2.09 bits per heavy atom. The van der Waals surface area contributed by atoms with Gasteiger partial charge >= 0.3 is 0 Å². The fraction of sp³-hybridized carbons (Fsp3) is 0.786. The quantitative estimate of drug-likeness (QED) is 0.823. The Bertz CT molecular complexity index is 727. The highest BCUT2D eigenvalue weighted by Crippen LogP contribution is 2.41. The SMILES string of the molecule is CC(C)CNC(=O)c1nnc2n1C[C@]1(CCN(S(C)(=O)=O)C1)C2. The molecule has 1 amide bonds. The van der Waals surface area contributed by atoms with Crippen LogP contribution in [0.15, 0.2) is 0 Å². The first-order chi connectivity index (χ1) is 10.7. The summed E-state index contributed by atoms with van der Waals surface area (Å²) in [5.74, 6) is 1.25. The summed E-state index contributed by atoms with van der Waals surface area (Å²) in [6.45, 7) is 6.28. The molecule has 0 unspecified atom stereocenters. The maximum absolute atomic E-state index is 12.3. The summed E-state index contributed by atoms with van der Waals surface area (Å²) in [7, 11) is -3.17. The lowest BCUT2D eigenvalue weighted by atomic mass is 9.86. The van der Waals surface area contributed by atoms with Crippen LogP contribution in [0, 0.1) is 11.3 Å². The fourth-order valence-electron chi connectivity index (χ4n) is 3.35. The number of nitrogens with zero attached hydrogens (tertiary/aromatic N) is 4. The molecule has 2 aliphatic rings. The minimum absolute atomic E-state index is 0.151. The van der Waals surface area contributed by atoms with E-state index in [-0.39, 0.29) is 11.3 Å². The molecule has 0 aliphatic carbocycles. The van der Waals surface area contributed by atoms with Gasteiger partial charge in [-0.15, -0.1) is 10.2 Å². The van der Waals surface area contributed by atoms with Gasteiger partial charge in [0, 0.05) is 38.0 Å². The van der Waals surface area contributed by atoms with Gasteiger partial charge < -0.3 is 9.88 Å². The Morgan fingerprint density at radius 1 is 1.35 bits per heavy atom. The van der Waals surface area contributed by atoms with Crippen molar-refractivity contribution in [1.82, 2.24) is 24.4 Å². The van der Waals surface area contributed by atoms with Crippen molar-refractivity contribution in [3.8, 4) is 0 Å². The molecular weight excluding hydrogens is 318 g/mol. The molecule has 0 saturated carbocycles. The van der Waals surface area contributed by atoms with Crippen molar-refractivity contribution in [3.05, 3.63) is 11.6 Å². The van der Waals surface area contributed by atoms with E-state index in [2.05, 4.69) is 15.5 Å². The van der Waals surface area contributed by atoms with E-state index >= 15 is 0 Å². The maximum atomic E-state index is 12.3. The van der Waals surface area contributed by atoms with Crippen LogP contribution in [-0.2, 0) is 23.0 Å². The molecule has 1 fully saturated rings. The average Bonchev–Trinajstić information content (AvgIpc) is 3.10. The zero-order valence-corrected chi connectivity index (χ0v) is 14.6. The van der Waals surface area contributed by atoms with E-state index in [0.29, 0.717) is 44.3 Å². The summed E-state index contributed by atoms with van der Waals surface area (Å²) in [6.07, 6.45) is 2.70. The summed E-state index contributed by atoms with van der Waals surface area (Å²) >= 11 is 0. The predicted molar refractivity (Wildman–Crippen MR) is 84.4 cm³/mol. The second-order valence-electron chi connectivity index (χ2n) is 7.15. The molecule has 3 heterocycles. The monoisotopic (exact) mass is 341 g/mol. The van der Waals surface area contributed by atoms with Crippen LogP contribution in [0.2, 0.25) is 0 Å². The normalized spacial score (nSPS) is 24.5. The Kier molecular flexibility index (Phi) is 3.96. The number of fused-ring (bicyclic) bond motifs is 1. The van der Waals surface area contributed by atoms with Crippen molar-refractivity contribution in [2.24, 2.45) is 11.3 Å². The number of sulfonamides is 1. The van der Waals surface area contributed by atoms with E-state index in [1.807, 2.05) is 18.4 Å². The minimum atomic E-state index is -3.17. The van der Waals surface area contributed by atoms with Gasteiger partial charge in [0.2, 0.25) is 15.8 Å². The van der Waals surface area contributed by atoms with Crippen LogP contribution in [0.5, 0.6) is 0 Å². The molecule has 1 aromatic rings. The maximum Gasteiger partial charge on any atom is 0.289 e. The van der Waals surface area contributed by atoms with Gasteiger partial charge in [0.15, 0.2) is 0 Å². The van der Waals surface area contributed by atoms with Gasteiger partial charge in [-0.25, -0.2) is 12.7 Å². The molecule has 0 aromatic carbocycles. The van der Waals surface area contributed by atoms with E-state index in [1.54, 1.807) is 0 Å². The van der Waals surface area contributed by atoms with Crippen LogP contribution in [0.3, 0.4) is 0 Å². The first-order valence-corrected chi connectivity index (χ1v) is 9.70. The number of hydrogen-bond donors (Lipinski definition) is 1. The van der Waals surface area contributed by atoms with Gasteiger partial charge in [0.05, 0.1) is 6.26 Å². The summed E-state index contributed by atoms with van der Waals surface area (Å²) < 4.78 is 26.8. The number of aromatic nitrogens is 3. The highest BCUT2D eigenvalue weighted by Gasteiger charge is 2.47. The summed E-state index contributed by atoms with van der Waals surface area (Å²) in [6, 6.07) is 0. The Hall–Kier alpha value is -1.48. The van der Waals surface area contributed by atoms with Crippen molar-refractivity contribution in [2.45, 2.75) is 33.2 Å². The van der Waals surface area contributed by atoms with E-state index < -0.39 is 10.0 Å². The third-order valence-corrected chi connectivity index (χ3v) is 5.85. The third-order valence-electron chi connectivity index (χ3n) is 4.60. The molecule has 8 nitrogen and oxygen atoms in total. The number of rotatable bonds is 4. The second kappa shape index (κ2) is 5.55. The van der Waals surface area contributed by atoms with Gasteiger partial charge in [-0.1, -0.05) is 13.8 Å². The van der Waals surface area contributed by atoms with Crippen molar-refractivity contribution in [3.63, 3.8) is 0 Å². The molecule has 3 rings (SSSR count). The third kappa shape index (κ3) is 3.12. The highest BCUT2D eigenvalue weighted by atomic mass is 32.2. The van der Waals surface area contributed by atoms with E-state index in [0.717, 1.165) is 12.2 Å². The molecule has 1 N–H and O–H groups in total. The van der Waals surface area contributed by atoms with Crippen molar-refractivity contribution in [1.29, 1.82) is 0 Å². The summed E-state index contributed by atoms with van der Waals surface area (Å²) in [5.41, 5.74) is -0.151. The summed E-state index contributed by atoms with van der Waals surface area (Å²) in [5, 5.41) is 11.0. The van der Waals surface area contributed by atoms with Gasteiger partial charge in [-0.05, 0) is 12.3 Å². The average molecular weight is 341 g/mol. The van der Waals surface area contributed by atoms with Crippen molar-refractivity contribution < 1.29 is 13.2 Å². The predicted octanol–water partition coefficient (Wildman–Crippen LogP) is -0.128. The standard InChI is InChI=1S/C14H23N5O3S/c1-10(2)7-15-13(20)12-17-16-11-6-14(9-19(11)12)4-5-18(8-14)23(3,21)22/h10H,4-9H2,1-3H3,(H,15,20)/t14-/m1/s1. The van der Waals surface area contributed by atoms with Crippen LogP contribution in [0.1, 0.15) is 36.7 Å². The lowest BCUT2D eigenvalue weighted by Crippen LogP contribution is -2.33. The van der Waals surface area contributed by atoms with Crippen LogP contribution < -0.4 is 5.32 Å². The Balaban J connectivity index is 1.74. The molecular formula is C14H23N5O3S. The number of amides is 1. The Labute approximate surface area is 136 Å². The van der Waals surface area contributed by atoms with Crippen LogP contribution in [0.4, 0.5) is 0 Å². The number of carbonyl (C=O) groups excluding carboxylic acids is 1. The molecule has 128 valence electrons. The summed E-state index contributed by atoms with van der Waals surface area (Å²) in [4.78, 5) is 12.3. The molecule has 1 saturated heterocycles. The molecule has 2 aliphatic heterocycles. The minimum Gasteiger partial charge on any atom is -0.349 e. The number of nitrogens with one attached hydrogen (secondary N) is 1. The zero-order chi connectivity index (χ0) is 16.8. The van der Waals surface area contributed by atoms with Crippen LogP contribution in [0.25, 0.3) is 0 Å². The van der Waals surface area contributed by atoms with Crippen molar-refractivity contribution in [2.75, 3.05) is 25.9 Å². The molecule has 1 spiro atoms. The van der Waals surface area contributed by atoms with Gasteiger partial charge in [0.25, 0.3) is 5.91 Å². The number of carbonyl (C=O) groups is 1. The largest absolute Gasteiger partial charge is 0.349 e. The molecule has 0 bridgehead atoms. The molecule has 23 heavy (non-hydrogen) atoms. The smallest absolute Gasteiger partial charge is 0.289 e. The molecule has 9 heteroatoms. The van der Waals surface area contributed by atoms with E-state index in [1.165, 1.54) is 10.6 Å². The van der Waals surface area contributed by atoms with Gasteiger partial charge in [0.1, 0.15) is 5.82 Å². The molecule has 1 atom stereocenters. The van der Waals surface area contributed by atoms with E-state index in [4.69, 9.17) is 0 Å². The van der Waals surface area contributed by atoms with Gasteiger partial charge in [-0.2, -0.15) is 0 Å². The zero-order valence-electron chi connectivity index (χ0n) is 13.7. The number of hydrogen-bond acceptors (Lipinski definition) is 5. The highest BCUT2D eigenvalue weighted by molar-refractivity contribution is 7.88. The fourth-order valence-corrected chi connectivity index (χ4v) is 4.28. The first-order valence-electron chi connectivity index (χ1n) is 7.86. The van der Waals surface area contributed by atoms with Gasteiger partial charge in [-0.3, -0.25) is 4.79 Å². The second-order valence-corrected chi connectivity index (χ2v) is 9.14. The molecule has 0 radical (unpaired) electrons. The van der Waals surface area contributed by atoms with Crippen LogP contribution >= 0.6 is 0 Å². The lowest BCUT2D eigenvalue weighted by Gasteiger charge is -2.22. The molecule has 1 aromatic heterocycles. The van der Waals surface area contributed by atoms with E-state index in [9.17, 15) is 13.2 Å².